The number of aromatic nitrogens is 2. The summed E-state index contributed by atoms with van der Waals surface area (Å²) in [6.45, 7) is 2.90. The number of aryl methyl sites for hydroxylation is 1. The van der Waals surface area contributed by atoms with E-state index in [1.54, 1.807) is 29.0 Å². The Morgan fingerprint density at radius 2 is 1.79 bits per heavy atom. The predicted molar refractivity (Wildman–Crippen MR) is 143 cm³/mol. The van der Waals surface area contributed by atoms with Crippen molar-refractivity contribution in [2.75, 3.05) is 19.9 Å². The third-order valence-electron chi connectivity index (χ3n) is 6.23. The summed E-state index contributed by atoms with van der Waals surface area (Å²) in [7, 11) is -4.38. The van der Waals surface area contributed by atoms with Crippen molar-refractivity contribution in [3.63, 3.8) is 0 Å². The maximum Gasteiger partial charge on any atom is 0.435 e. The first-order chi connectivity index (χ1) is 20.3. The highest BCUT2D eigenvalue weighted by Gasteiger charge is 2.35. The minimum atomic E-state index is -4.70. The van der Waals surface area contributed by atoms with Crippen LogP contribution in [0.1, 0.15) is 31.0 Å². The molecule has 1 saturated heterocycles. The lowest BCUT2D eigenvalue weighted by Crippen LogP contribution is -2.35. The van der Waals surface area contributed by atoms with Gasteiger partial charge in [-0.05, 0) is 55.3 Å². The van der Waals surface area contributed by atoms with E-state index in [-0.39, 0.29) is 22.9 Å². The second kappa shape index (κ2) is 13.1. The summed E-state index contributed by atoms with van der Waals surface area (Å²) in [6, 6.07) is 12.1. The number of hydrogen-bond donors (Lipinski definition) is 1. The van der Waals surface area contributed by atoms with E-state index in [4.69, 9.17) is 9.57 Å². The number of nitrogens with zero attached hydrogens (tertiary/aromatic N) is 5. The molecule has 17 heteroatoms. The van der Waals surface area contributed by atoms with Crippen molar-refractivity contribution in [1.29, 1.82) is 0 Å². The molecular weight excluding hydrogens is 597 g/mol. The molecule has 1 aliphatic heterocycles. The summed E-state index contributed by atoms with van der Waals surface area (Å²) in [4.78, 5) is 27.4. The monoisotopic (exact) mass is 624 g/mol. The van der Waals surface area contributed by atoms with E-state index in [0.29, 0.717) is 24.9 Å². The molecule has 1 N–H and O–H groups in total. The molecule has 0 aliphatic carbocycles. The van der Waals surface area contributed by atoms with Crippen LogP contribution >= 0.6 is 0 Å². The summed E-state index contributed by atoms with van der Waals surface area (Å²) in [5, 5.41) is 12.4. The van der Waals surface area contributed by atoms with E-state index in [0.717, 1.165) is 28.4 Å². The molecule has 43 heavy (non-hydrogen) atoms. The molecule has 2 heterocycles. The summed E-state index contributed by atoms with van der Waals surface area (Å²) in [5.74, 6) is -0.552. The second-order valence-corrected chi connectivity index (χ2v) is 11.1. The van der Waals surface area contributed by atoms with E-state index in [1.807, 2.05) is 6.92 Å². The van der Waals surface area contributed by atoms with Crippen molar-refractivity contribution in [3.05, 3.63) is 65.9 Å². The lowest BCUT2D eigenvalue weighted by atomic mass is 10.1. The minimum Gasteiger partial charge on any atom is -0.447 e. The van der Waals surface area contributed by atoms with Gasteiger partial charge in [0.05, 0.1) is 22.3 Å². The van der Waals surface area contributed by atoms with Crippen LogP contribution in [-0.2, 0) is 35.3 Å². The van der Waals surface area contributed by atoms with Crippen molar-refractivity contribution in [3.8, 4) is 16.9 Å². The third kappa shape index (κ3) is 8.21. The SMILES string of the molecule is CC(=O)OCON=NN1CCCC1COC(=O)NS(=O)(=O)c1ccc(-n2nc(C(F)(F)F)cc2-c2ccc(C)cc2)cc1. The molecule has 1 amide bonds. The van der Waals surface area contributed by atoms with Gasteiger partial charge in [-0.3, -0.25) is 9.80 Å². The first kappa shape index (κ1) is 31.3. The van der Waals surface area contributed by atoms with Crippen LogP contribution in [0.15, 0.2) is 70.0 Å². The highest BCUT2D eigenvalue weighted by atomic mass is 32.2. The highest BCUT2D eigenvalue weighted by Crippen LogP contribution is 2.33. The fraction of sp³-hybridized carbons (Fsp3) is 0.346. The maximum atomic E-state index is 13.5. The van der Waals surface area contributed by atoms with E-state index in [9.17, 15) is 31.2 Å². The Morgan fingerprint density at radius 3 is 2.44 bits per heavy atom. The zero-order valence-corrected chi connectivity index (χ0v) is 23.8. The third-order valence-corrected chi connectivity index (χ3v) is 7.56. The first-order valence-corrected chi connectivity index (χ1v) is 14.3. The van der Waals surface area contributed by atoms with E-state index in [2.05, 4.69) is 20.3 Å². The quantitative estimate of drug-likeness (QED) is 0.112. The minimum absolute atomic E-state index is 0.154. The van der Waals surface area contributed by atoms with E-state index in [1.165, 1.54) is 24.1 Å². The first-order valence-electron chi connectivity index (χ1n) is 12.8. The number of hydrogen-bond acceptors (Lipinski definition) is 10. The lowest BCUT2D eigenvalue weighted by molar-refractivity contribution is -0.154. The van der Waals surface area contributed by atoms with Crippen molar-refractivity contribution < 1.29 is 45.5 Å². The predicted octanol–water partition coefficient (Wildman–Crippen LogP) is 4.57. The normalized spacial score (nSPS) is 15.5. The number of benzene rings is 2. The molecule has 1 atom stereocenters. The number of rotatable bonds is 10. The van der Waals surface area contributed by atoms with Gasteiger partial charge in [-0.1, -0.05) is 29.8 Å². The lowest BCUT2D eigenvalue weighted by Gasteiger charge is -2.19. The highest BCUT2D eigenvalue weighted by molar-refractivity contribution is 7.90. The fourth-order valence-corrected chi connectivity index (χ4v) is 4.99. The standard InChI is InChI=1S/C26H27F3N6O7S/c1-17-5-7-19(8-6-17)23-14-24(26(27,28)29)30-35(23)20-9-11-22(12-10-20)43(38,39)31-25(37)40-15-21-4-3-13-34(21)32-33-42-16-41-18(2)36/h5-12,14,21H,3-4,13,15-16H2,1-2H3,(H,31,37). The number of carbonyl (C=O) groups excluding carboxylic acids is 2. The Bertz CT molecular complexity index is 1580. The van der Waals surface area contributed by atoms with Crippen LogP contribution in [0, 0.1) is 6.92 Å². The molecule has 2 aromatic carbocycles. The van der Waals surface area contributed by atoms with Crippen LogP contribution in [0.5, 0.6) is 0 Å². The van der Waals surface area contributed by atoms with Gasteiger partial charge in [0.15, 0.2) is 5.69 Å². The summed E-state index contributed by atoms with van der Waals surface area (Å²) in [5.41, 5.74) is 0.605. The molecule has 1 fully saturated rings. The molecule has 1 unspecified atom stereocenters. The Morgan fingerprint density at radius 1 is 1.09 bits per heavy atom. The van der Waals surface area contributed by atoms with E-state index >= 15 is 0 Å². The average molecular weight is 625 g/mol. The Kier molecular flexibility index (Phi) is 9.53. The topological polar surface area (TPSA) is 154 Å². The number of esters is 1. The van der Waals surface area contributed by atoms with Crippen molar-refractivity contribution in [1.82, 2.24) is 19.5 Å². The van der Waals surface area contributed by atoms with Crippen LogP contribution in [0.2, 0.25) is 0 Å². The van der Waals surface area contributed by atoms with Gasteiger partial charge in [0.2, 0.25) is 0 Å². The maximum absolute atomic E-state index is 13.5. The number of halogens is 3. The van der Waals surface area contributed by atoms with Crippen molar-refractivity contribution >= 4 is 22.1 Å². The van der Waals surface area contributed by atoms with Crippen LogP contribution in [0.4, 0.5) is 18.0 Å². The number of alkyl halides is 3. The van der Waals surface area contributed by atoms with Gasteiger partial charge in [0.25, 0.3) is 16.8 Å². The number of carbonyl (C=O) groups is 2. The van der Waals surface area contributed by atoms with Gasteiger partial charge in [-0.15, -0.1) is 0 Å². The average Bonchev–Trinajstić information content (AvgIpc) is 3.59. The molecule has 1 aliphatic rings. The van der Waals surface area contributed by atoms with Gasteiger partial charge >= 0.3 is 18.2 Å². The number of amides is 1. The van der Waals surface area contributed by atoms with Crippen molar-refractivity contribution in [2.45, 2.75) is 43.8 Å². The number of nitrogens with one attached hydrogen (secondary N) is 1. The zero-order valence-electron chi connectivity index (χ0n) is 22.9. The zero-order chi connectivity index (χ0) is 31.2. The number of sulfonamides is 1. The smallest absolute Gasteiger partial charge is 0.435 e. The van der Waals surface area contributed by atoms with Gasteiger partial charge in [-0.2, -0.15) is 18.3 Å². The molecule has 3 aromatic rings. The summed E-state index contributed by atoms with van der Waals surface area (Å²) in [6.07, 6.45) is -4.65. The molecule has 0 saturated carbocycles. The van der Waals surface area contributed by atoms with Crippen LogP contribution in [-0.4, -0.2) is 61.3 Å². The second-order valence-electron chi connectivity index (χ2n) is 9.40. The fourth-order valence-electron chi connectivity index (χ4n) is 4.10. The molecule has 4 rings (SSSR count). The Hall–Kier alpha value is -4.67. The Balaban J connectivity index is 1.40. The molecule has 230 valence electrons. The van der Waals surface area contributed by atoms with Crippen molar-refractivity contribution in [2.24, 2.45) is 10.5 Å². The molecule has 0 spiro atoms. The van der Waals surface area contributed by atoms with Crippen LogP contribution in [0.3, 0.4) is 0 Å². The number of ether oxygens (including phenoxy) is 2. The van der Waals surface area contributed by atoms with Gasteiger partial charge in [0, 0.05) is 24.3 Å². The summed E-state index contributed by atoms with van der Waals surface area (Å²) < 4.78 is 78.5. The molecule has 0 bridgehead atoms. The van der Waals surface area contributed by atoms with Gasteiger partial charge < -0.3 is 14.3 Å². The molecule has 13 nitrogen and oxygen atoms in total. The van der Waals surface area contributed by atoms with Crippen LogP contribution < -0.4 is 4.72 Å². The largest absolute Gasteiger partial charge is 0.447 e. The van der Waals surface area contributed by atoms with E-state index < -0.39 is 46.8 Å². The van der Waals surface area contributed by atoms with Gasteiger partial charge in [-0.25, -0.2) is 22.6 Å². The van der Waals surface area contributed by atoms with Gasteiger partial charge in [0.1, 0.15) is 6.61 Å². The molecular formula is C26H27F3N6O7S. The Labute approximate surface area is 244 Å². The molecule has 0 radical (unpaired) electrons. The summed E-state index contributed by atoms with van der Waals surface area (Å²) >= 11 is 0. The molecule has 1 aromatic heterocycles. The van der Waals surface area contributed by atoms with Crippen LogP contribution in [0.25, 0.3) is 16.9 Å².